The van der Waals surface area contributed by atoms with Crippen LogP contribution in [0.4, 0.5) is 0 Å². The molecule has 194 valence electrons. The molecule has 1 saturated heterocycles. The van der Waals surface area contributed by atoms with E-state index in [0.29, 0.717) is 37.1 Å². The number of amides is 2. The summed E-state index contributed by atoms with van der Waals surface area (Å²) in [4.78, 5) is 28.4. The summed E-state index contributed by atoms with van der Waals surface area (Å²) in [6, 6.07) is 0.584. The van der Waals surface area contributed by atoms with Crippen LogP contribution < -0.4 is 10.6 Å². The van der Waals surface area contributed by atoms with Crippen LogP contribution in [0, 0.1) is 11.8 Å². The van der Waals surface area contributed by atoms with E-state index in [9.17, 15) is 18.0 Å². The molecule has 7 nitrogen and oxygen atoms in total. The average Bonchev–Trinajstić information content (AvgIpc) is 2.82. The Labute approximate surface area is 206 Å². The van der Waals surface area contributed by atoms with Gasteiger partial charge in [0.25, 0.3) is 0 Å². The second-order valence-electron chi connectivity index (χ2n) is 11.2. The van der Waals surface area contributed by atoms with E-state index in [1.807, 2.05) is 0 Å². The van der Waals surface area contributed by atoms with Gasteiger partial charge in [0.05, 0.1) is 11.4 Å². The lowest BCUT2D eigenvalue weighted by Crippen LogP contribution is -2.58. The van der Waals surface area contributed by atoms with Gasteiger partial charge < -0.3 is 10.2 Å². The summed E-state index contributed by atoms with van der Waals surface area (Å²) < 4.78 is 24.2. The van der Waals surface area contributed by atoms with Gasteiger partial charge in [-0.1, -0.05) is 6.92 Å². The molecule has 1 unspecified atom stereocenters. The Balaban J connectivity index is 1.20. The Hall–Kier alpha value is -1.15. The third kappa shape index (κ3) is 6.34. The molecule has 2 amide bonds. The quantitative estimate of drug-likeness (QED) is 0.537. The lowest BCUT2D eigenvalue weighted by atomic mass is 9.82. The molecule has 3 aliphatic carbocycles. The summed E-state index contributed by atoms with van der Waals surface area (Å²) in [5.74, 6) is 1.03. The first kappa shape index (κ1) is 25.9. The summed E-state index contributed by atoms with van der Waals surface area (Å²) >= 11 is 0. The first-order valence-electron chi connectivity index (χ1n) is 13.9. The minimum absolute atomic E-state index is 0.0910. The zero-order valence-electron chi connectivity index (χ0n) is 21.0. The lowest BCUT2D eigenvalue weighted by Gasteiger charge is -2.46. The van der Waals surface area contributed by atoms with Gasteiger partial charge in [-0.05, 0) is 102 Å². The molecule has 0 spiro atoms. The number of nitrogens with zero attached hydrogens (tertiary/aromatic N) is 1. The molecule has 1 atom stereocenters. The second-order valence-corrected chi connectivity index (χ2v) is 13.8. The number of sulfone groups is 1. The molecule has 8 heteroatoms. The number of carbonyl (C=O) groups excluding carboxylic acids is 2. The van der Waals surface area contributed by atoms with Crippen LogP contribution in [0.1, 0.15) is 103 Å². The van der Waals surface area contributed by atoms with Crippen molar-refractivity contribution >= 4 is 21.7 Å². The van der Waals surface area contributed by atoms with Gasteiger partial charge in [-0.2, -0.15) is 0 Å². The highest BCUT2D eigenvalue weighted by Crippen LogP contribution is 2.34. The van der Waals surface area contributed by atoms with Crippen LogP contribution in [0.25, 0.3) is 0 Å². The van der Waals surface area contributed by atoms with Gasteiger partial charge in [0.2, 0.25) is 11.8 Å². The molecule has 0 aromatic heterocycles. The van der Waals surface area contributed by atoms with Gasteiger partial charge in [0, 0.05) is 30.2 Å². The van der Waals surface area contributed by atoms with Crippen molar-refractivity contribution in [3.8, 4) is 0 Å². The molecule has 0 radical (unpaired) electrons. The van der Waals surface area contributed by atoms with Crippen LogP contribution in [-0.4, -0.2) is 60.9 Å². The number of hydrogen-bond acceptors (Lipinski definition) is 5. The number of rotatable bonds is 8. The van der Waals surface area contributed by atoms with Crippen molar-refractivity contribution in [2.75, 3.05) is 12.3 Å². The van der Waals surface area contributed by atoms with Gasteiger partial charge in [-0.15, -0.1) is 0 Å². The molecule has 4 aliphatic rings. The van der Waals surface area contributed by atoms with Crippen LogP contribution in [0.2, 0.25) is 0 Å². The van der Waals surface area contributed by atoms with Gasteiger partial charge in [-0.25, -0.2) is 8.42 Å². The van der Waals surface area contributed by atoms with E-state index in [1.165, 1.54) is 19.3 Å². The highest BCUT2D eigenvalue weighted by Gasteiger charge is 2.39. The monoisotopic (exact) mass is 495 g/mol. The first-order chi connectivity index (χ1) is 16.4. The molecule has 0 aromatic rings. The van der Waals surface area contributed by atoms with Gasteiger partial charge in [-0.3, -0.25) is 14.9 Å². The fraction of sp³-hybridized carbons (Fsp3) is 0.923. The van der Waals surface area contributed by atoms with E-state index in [1.54, 1.807) is 6.92 Å². The maximum absolute atomic E-state index is 13.5. The Morgan fingerprint density at radius 2 is 1.59 bits per heavy atom. The highest BCUT2D eigenvalue weighted by atomic mass is 32.2. The summed E-state index contributed by atoms with van der Waals surface area (Å²) in [6.45, 7) is 2.73. The minimum atomic E-state index is -2.96. The van der Waals surface area contributed by atoms with E-state index in [4.69, 9.17) is 0 Å². The number of nitrogens with one attached hydrogen (secondary N) is 2. The topological polar surface area (TPSA) is 95.6 Å². The predicted molar refractivity (Wildman–Crippen MR) is 134 cm³/mol. The molecule has 1 heterocycles. The van der Waals surface area contributed by atoms with Crippen molar-refractivity contribution in [3.63, 3.8) is 0 Å². The minimum Gasteiger partial charge on any atom is -0.353 e. The summed E-state index contributed by atoms with van der Waals surface area (Å²) in [5.41, 5.74) is 0. The van der Waals surface area contributed by atoms with Crippen LogP contribution in [0.3, 0.4) is 0 Å². The molecular weight excluding hydrogens is 450 g/mol. The molecule has 1 aliphatic heterocycles. The third-order valence-electron chi connectivity index (χ3n) is 8.96. The zero-order chi connectivity index (χ0) is 24.1. The van der Waals surface area contributed by atoms with E-state index in [0.717, 1.165) is 64.3 Å². The smallest absolute Gasteiger partial charge is 0.227 e. The summed E-state index contributed by atoms with van der Waals surface area (Å²) in [7, 11) is -2.96. The first-order valence-corrected chi connectivity index (χ1v) is 15.7. The largest absolute Gasteiger partial charge is 0.353 e. The number of carbonyl (C=O) groups is 2. The average molecular weight is 496 g/mol. The normalized spacial score (nSPS) is 33.0. The Kier molecular flexibility index (Phi) is 8.94. The molecule has 34 heavy (non-hydrogen) atoms. The fourth-order valence-electron chi connectivity index (χ4n) is 6.50. The number of hydrogen-bond donors (Lipinski definition) is 2. The standard InChI is InChI=1S/C26H45N3O4S/c1-2-34(32,33)23-15-9-19(10-16-23)18-25(30)28-21-13-11-20(12-14-21)26(31)29(22-6-5-7-22)24-8-3-4-17-27-24/h19-24,27H,2-18H2,1H3,(H,28,30). The Morgan fingerprint density at radius 3 is 2.15 bits per heavy atom. The van der Waals surface area contributed by atoms with Gasteiger partial charge >= 0.3 is 0 Å². The van der Waals surface area contributed by atoms with Crippen LogP contribution in [0.15, 0.2) is 0 Å². The van der Waals surface area contributed by atoms with Crippen LogP contribution in [0.5, 0.6) is 0 Å². The SMILES string of the molecule is CCS(=O)(=O)C1CCC(CC(=O)NC2CCC(C(=O)N(C3CCC3)C3CCCCN3)CC2)CC1. The molecule has 3 saturated carbocycles. The van der Waals surface area contributed by atoms with Crippen LogP contribution >= 0.6 is 0 Å². The molecule has 4 rings (SSSR count). The lowest BCUT2D eigenvalue weighted by molar-refractivity contribution is -0.145. The van der Waals surface area contributed by atoms with E-state index in [-0.39, 0.29) is 35.0 Å². The van der Waals surface area contributed by atoms with Gasteiger partial charge in [0.1, 0.15) is 0 Å². The third-order valence-corrected chi connectivity index (χ3v) is 11.3. The van der Waals surface area contributed by atoms with Crippen molar-refractivity contribution in [2.45, 2.75) is 127 Å². The van der Waals surface area contributed by atoms with Crippen molar-refractivity contribution in [1.29, 1.82) is 0 Å². The maximum atomic E-state index is 13.5. The molecule has 0 bridgehead atoms. The van der Waals surface area contributed by atoms with E-state index in [2.05, 4.69) is 15.5 Å². The molecular formula is C26H45N3O4S. The Bertz CT molecular complexity index is 791. The van der Waals surface area contributed by atoms with Crippen molar-refractivity contribution < 1.29 is 18.0 Å². The van der Waals surface area contributed by atoms with E-state index < -0.39 is 9.84 Å². The van der Waals surface area contributed by atoms with Crippen molar-refractivity contribution in [2.24, 2.45) is 11.8 Å². The summed E-state index contributed by atoms with van der Waals surface area (Å²) in [6.07, 6.45) is 14.2. The molecule has 0 aromatic carbocycles. The number of piperidine rings is 1. The van der Waals surface area contributed by atoms with Gasteiger partial charge in [0.15, 0.2) is 9.84 Å². The molecule has 4 fully saturated rings. The summed E-state index contributed by atoms with van der Waals surface area (Å²) in [5, 5.41) is 6.60. The zero-order valence-corrected chi connectivity index (χ0v) is 21.8. The van der Waals surface area contributed by atoms with Crippen molar-refractivity contribution in [3.05, 3.63) is 0 Å². The van der Waals surface area contributed by atoms with Crippen LogP contribution in [-0.2, 0) is 19.4 Å². The molecule has 2 N–H and O–H groups in total. The van der Waals surface area contributed by atoms with Crippen molar-refractivity contribution in [1.82, 2.24) is 15.5 Å². The fourth-order valence-corrected chi connectivity index (χ4v) is 7.96. The second kappa shape index (κ2) is 11.7. The maximum Gasteiger partial charge on any atom is 0.227 e. The van der Waals surface area contributed by atoms with E-state index >= 15 is 0 Å². The highest BCUT2D eigenvalue weighted by molar-refractivity contribution is 7.92. The Morgan fingerprint density at radius 1 is 0.882 bits per heavy atom. The predicted octanol–water partition coefficient (Wildman–Crippen LogP) is 3.53.